The molecule has 27 heavy (non-hydrogen) atoms. The van der Waals surface area contributed by atoms with Gasteiger partial charge in [0.25, 0.3) is 5.89 Å². The minimum Gasteiger partial charge on any atom is -0.497 e. The normalized spacial score (nSPS) is 10.5. The van der Waals surface area contributed by atoms with Gasteiger partial charge in [-0.05, 0) is 18.2 Å². The third-order valence-corrected chi connectivity index (χ3v) is 4.09. The van der Waals surface area contributed by atoms with Crippen molar-refractivity contribution in [3.8, 4) is 23.0 Å². The molecule has 1 heterocycles. The number of hydrogen-bond acceptors (Lipinski definition) is 7. The first-order chi connectivity index (χ1) is 13.1. The van der Waals surface area contributed by atoms with Crippen LogP contribution in [0.4, 0.5) is 0 Å². The van der Waals surface area contributed by atoms with Crippen LogP contribution in [0.15, 0.2) is 47.0 Å². The molecule has 140 valence electrons. The average Bonchev–Trinajstić information content (AvgIpc) is 3.16. The van der Waals surface area contributed by atoms with Crippen molar-refractivity contribution >= 4 is 17.6 Å². The number of methoxy groups -OCH3 is 2. The van der Waals surface area contributed by atoms with Gasteiger partial charge in [0.05, 0.1) is 31.2 Å². The molecular formula is C19H17ClN2O5. The van der Waals surface area contributed by atoms with Gasteiger partial charge in [0.15, 0.2) is 6.61 Å². The lowest BCUT2D eigenvalue weighted by Crippen LogP contribution is -2.09. The van der Waals surface area contributed by atoms with Gasteiger partial charge in [-0.2, -0.15) is 4.98 Å². The van der Waals surface area contributed by atoms with Gasteiger partial charge in [-0.3, -0.25) is 4.79 Å². The standard InChI is InChI=1S/C19H17ClN2O5/c1-24-13-8-7-12(16(10-13)25-2)9-18(23)26-11-17-21-19(27-22-17)14-5-3-4-6-15(14)20/h3-8,10H,9,11H2,1-2H3. The summed E-state index contributed by atoms with van der Waals surface area (Å²) >= 11 is 6.10. The van der Waals surface area contributed by atoms with Gasteiger partial charge < -0.3 is 18.7 Å². The van der Waals surface area contributed by atoms with Gasteiger partial charge in [0.2, 0.25) is 5.82 Å². The molecular weight excluding hydrogens is 372 g/mol. The van der Waals surface area contributed by atoms with E-state index >= 15 is 0 Å². The fourth-order valence-electron chi connectivity index (χ4n) is 2.41. The highest BCUT2D eigenvalue weighted by Gasteiger charge is 2.15. The van der Waals surface area contributed by atoms with E-state index in [4.69, 9.17) is 30.3 Å². The first kappa shape index (κ1) is 18.7. The molecule has 0 aliphatic heterocycles. The van der Waals surface area contributed by atoms with Crippen LogP contribution in [-0.4, -0.2) is 30.3 Å². The minimum absolute atomic E-state index is 0.0440. The van der Waals surface area contributed by atoms with Gasteiger partial charge in [-0.15, -0.1) is 0 Å². The van der Waals surface area contributed by atoms with Crippen LogP contribution in [0.5, 0.6) is 11.5 Å². The zero-order valence-electron chi connectivity index (χ0n) is 14.8. The molecule has 8 heteroatoms. The lowest BCUT2D eigenvalue weighted by molar-refractivity contribution is -0.144. The molecule has 3 aromatic rings. The van der Waals surface area contributed by atoms with E-state index in [1.807, 2.05) is 6.07 Å². The topological polar surface area (TPSA) is 83.7 Å². The van der Waals surface area contributed by atoms with Gasteiger partial charge in [-0.25, -0.2) is 0 Å². The molecule has 0 fully saturated rings. The number of ether oxygens (including phenoxy) is 3. The van der Waals surface area contributed by atoms with Gasteiger partial charge in [-0.1, -0.05) is 35.0 Å². The van der Waals surface area contributed by atoms with Crippen molar-refractivity contribution in [2.24, 2.45) is 0 Å². The predicted octanol–water partition coefficient (Wildman–Crippen LogP) is 3.69. The van der Waals surface area contributed by atoms with Crippen molar-refractivity contribution in [2.75, 3.05) is 14.2 Å². The van der Waals surface area contributed by atoms with Crippen LogP contribution < -0.4 is 9.47 Å². The Labute approximate surface area is 160 Å². The summed E-state index contributed by atoms with van der Waals surface area (Å²) in [5, 5.41) is 4.30. The molecule has 0 bridgehead atoms. The molecule has 0 aliphatic carbocycles. The van der Waals surface area contributed by atoms with E-state index in [1.165, 1.54) is 7.11 Å². The quantitative estimate of drug-likeness (QED) is 0.570. The second-order valence-corrected chi connectivity index (χ2v) is 5.92. The maximum absolute atomic E-state index is 12.1. The third-order valence-electron chi connectivity index (χ3n) is 3.76. The van der Waals surface area contributed by atoms with E-state index in [9.17, 15) is 4.79 Å². The number of rotatable bonds is 7. The van der Waals surface area contributed by atoms with Gasteiger partial charge >= 0.3 is 5.97 Å². The average molecular weight is 389 g/mol. The smallest absolute Gasteiger partial charge is 0.310 e. The van der Waals surface area contributed by atoms with Crippen LogP contribution in [-0.2, 0) is 22.6 Å². The monoisotopic (exact) mass is 388 g/mol. The van der Waals surface area contributed by atoms with Crippen LogP contribution in [0.3, 0.4) is 0 Å². The first-order valence-electron chi connectivity index (χ1n) is 8.04. The lowest BCUT2D eigenvalue weighted by atomic mass is 10.1. The highest BCUT2D eigenvalue weighted by Crippen LogP contribution is 2.26. The van der Waals surface area contributed by atoms with Crippen molar-refractivity contribution in [1.82, 2.24) is 10.1 Å². The Morgan fingerprint density at radius 3 is 2.70 bits per heavy atom. The molecule has 7 nitrogen and oxygen atoms in total. The fraction of sp³-hybridized carbons (Fsp3) is 0.211. The van der Waals surface area contributed by atoms with Crippen molar-refractivity contribution in [3.63, 3.8) is 0 Å². The number of carbonyl (C=O) groups is 1. The van der Waals surface area contributed by atoms with Crippen molar-refractivity contribution in [3.05, 3.63) is 58.9 Å². The highest BCUT2D eigenvalue weighted by molar-refractivity contribution is 6.33. The summed E-state index contributed by atoms with van der Waals surface area (Å²) in [4.78, 5) is 16.3. The number of esters is 1. The molecule has 0 amide bonds. The molecule has 0 spiro atoms. The maximum atomic E-state index is 12.1. The molecule has 1 aromatic heterocycles. The number of hydrogen-bond donors (Lipinski definition) is 0. The zero-order chi connectivity index (χ0) is 19.2. The SMILES string of the molecule is COc1ccc(CC(=O)OCc2noc(-c3ccccc3Cl)n2)c(OC)c1. The Kier molecular flexibility index (Phi) is 5.93. The Hall–Kier alpha value is -3.06. The second kappa shape index (κ2) is 8.55. The number of carbonyl (C=O) groups excluding carboxylic acids is 1. The van der Waals surface area contributed by atoms with Gasteiger partial charge in [0, 0.05) is 11.6 Å². The van der Waals surface area contributed by atoms with E-state index < -0.39 is 5.97 Å². The predicted molar refractivity (Wildman–Crippen MR) is 97.8 cm³/mol. The van der Waals surface area contributed by atoms with E-state index in [0.29, 0.717) is 27.6 Å². The molecule has 0 radical (unpaired) electrons. The molecule has 2 aromatic carbocycles. The molecule has 0 aliphatic rings. The highest BCUT2D eigenvalue weighted by atomic mass is 35.5. The Morgan fingerprint density at radius 1 is 1.15 bits per heavy atom. The Morgan fingerprint density at radius 2 is 1.96 bits per heavy atom. The third kappa shape index (κ3) is 4.57. The Bertz CT molecular complexity index is 941. The van der Waals surface area contributed by atoms with E-state index in [-0.39, 0.29) is 24.7 Å². The molecule has 0 saturated heterocycles. The number of halogens is 1. The number of nitrogens with zero attached hydrogens (tertiary/aromatic N) is 2. The number of aromatic nitrogens is 2. The van der Waals surface area contributed by atoms with Gasteiger partial charge in [0.1, 0.15) is 11.5 Å². The summed E-state index contributed by atoms with van der Waals surface area (Å²) in [6.07, 6.45) is 0.0440. The largest absolute Gasteiger partial charge is 0.497 e. The minimum atomic E-state index is -0.442. The van der Waals surface area contributed by atoms with E-state index in [1.54, 1.807) is 43.5 Å². The van der Waals surface area contributed by atoms with Crippen LogP contribution >= 0.6 is 11.6 Å². The van der Waals surface area contributed by atoms with Crippen LogP contribution in [0.25, 0.3) is 11.5 Å². The summed E-state index contributed by atoms with van der Waals surface area (Å²) in [6, 6.07) is 12.3. The lowest BCUT2D eigenvalue weighted by Gasteiger charge is -2.09. The van der Waals surface area contributed by atoms with Crippen LogP contribution in [0.1, 0.15) is 11.4 Å². The second-order valence-electron chi connectivity index (χ2n) is 5.51. The van der Waals surface area contributed by atoms with E-state index in [2.05, 4.69) is 10.1 Å². The molecule has 0 N–H and O–H groups in total. The van der Waals surface area contributed by atoms with Crippen molar-refractivity contribution < 1.29 is 23.5 Å². The van der Waals surface area contributed by atoms with Crippen LogP contribution in [0.2, 0.25) is 5.02 Å². The first-order valence-corrected chi connectivity index (χ1v) is 8.42. The number of benzene rings is 2. The van der Waals surface area contributed by atoms with E-state index in [0.717, 1.165) is 0 Å². The summed E-state index contributed by atoms with van der Waals surface area (Å²) in [6.45, 7) is -0.106. The summed E-state index contributed by atoms with van der Waals surface area (Å²) in [5.41, 5.74) is 1.31. The summed E-state index contributed by atoms with van der Waals surface area (Å²) in [5.74, 6) is 1.26. The Balaban J connectivity index is 1.61. The van der Waals surface area contributed by atoms with Crippen molar-refractivity contribution in [2.45, 2.75) is 13.0 Å². The fourth-order valence-corrected chi connectivity index (χ4v) is 2.62. The molecule has 3 rings (SSSR count). The molecule has 0 saturated carbocycles. The maximum Gasteiger partial charge on any atom is 0.310 e. The molecule has 0 unspecified atom stereocenters. The van der Waals surface area contributed by atoms with Crippen LogP contribution in [0, 0.1) is 0 Å². The van der Waals surface area contributed by atoms with Crippen molar-refractivity contribution in [1.29, 1.82) is 0 Å². The summed E-state index contributed by atoms with van der Waals surface area (Å²) < 4.78 is 20.8. The summed E-state index contributed by atoms with van der Waals surface area (Å²) in [7, 11) is 3.09. The molecule has 0 atom stereocenters. The zero-order valence-corrected chi connectivity index (χ0v) is 15.5.